The summed E-state index contributed by atoms with van der Waals surface area (Å²) < 4.78 is 0. The van der Waals surface area contributed by atoms with Crippen LogP contribution in [-0.4, -0.2) is 18.3 Å². The third-order valence-electron chi connectivity index (χ3n) is 2.22. The molecule has 0 saturated heterocycles. The van der Waals surface area contributed by atoms with Crippen molar-refractivity contribution in [3.8, 4) is 0 Å². The zero-order valence-corrected chi connectivity index (χ0v) is 9.86. The second-order valence-electron chi connectivity index (χ2n) is 3.71. The van der Waals surface area contributed by atoms with Crippen LogP contribution in [0.2, 0.25) is 0 Å². The van der Waals surface area contributed by atoms with Gasteiger partial charge in [-0.05, 0) is 12.0 Å². The molecule has 4 heteroatoms. The summed E-state index contributed by atoms with van der Waals surface area (Å²) in [6.45, 7) is 2.15. The van der Waals surface area contributed by atoms with Crippen molar-refractivity contribution < 1.29 is 4.79 Å². The van der Waals surface area contributed by atoms with Gasteiger partial charge in [-0.1, -0.05) is 36.4 Å². The number of carbonyl (C=O) groups excluding carboxylic acids is 1. The zero-order chi connectivity index (χ0) is 12.7. The van der Waals surface area contributed by atoms with E-state index in [1.807, 2.05) is 36.4 Å². The van der Waals surface area contributed by atoms with E-state index in [1.165, 1.54) is 6.92 Å². The summed E-state index contributed by atoms with van der Waals surface area (Å²) in [6.07, 6.45) is 4.78. The second-order valence-corrected chi connectivity index (χ2v) is 3.71. The molecule has 17 heavy (non-hydrogen) atoms. The average molecular weight is 231 g/mol. The van der Waals surface area contributed by atoms with Crippen molar-refractivity contribution in [2.45, 2.75) is 13.3 Å². The minimum Gasteiger partial charge on any atom is -0.384 e. The lowest BCUT2D eigenvalue weighted by atomic mass is 10.1. The molecule has 1 aromatic carbocycles. The number of nitrogens with two attached hydrogens (primary N) is 1. The monoisotopic (exact) mass is 231 g/mol. The van der Waals surface area contributed by atoms with Crippen molar-refractivity contribution in [3.63, 3.8) is 0 Å². The maximum Gasteiger partial charge on any atom is 0.216 e. The van der Waals surface area contributed by atoms with Crippen LogP contribution >= 0.6 is 0 Å². The lowest BCUT2D eigenvalue weighted by Crippen LogP contribution is -2.20. The van der Waals surface area contributed by atoms with Crippen LogP contribution in [0, 0.1) is 5.41 Å². The molecule has 0 unspecified atom stereocenters. The molecular formula is C13H17N3O. The summed E-state index contributed by atoms with van der Waals surface area (Å²) in [5.41, 5.74) is 7.13. The number of rotatable bonds is 5. The molecule has 90 valence electrons. The zero-order valence-electron chi connectivity index (χ0n) is 9.86. The van der Waals surface area contributed by atoms with Crippen LogP contribution in [0.1, 0.15) is 24.5 Å². The number of amidine groups is 1. The van der Waals surface area contributed by atoms with Gasteiger partial charge in [0.25, 0.3) is 0 Å². The molecule has 0 saturated carbocycles. The molecule has 4 N–H and O–H groups in total. The Balaban J connectivity index is 2.43. The third-order valence-corrected chi connectivity index (χ3v) is 2.22. The van der Waals surface area contributed by atoms with Crippen molar-refractivity contribution >= 4 is 17.8 Å². The minimum absolute atomic E-state index is 0.00999. The van der Waals surface area contributed by atoms with Gasteiger partial charge < -0.3 is 11.1 Å². The van der Waals surface area contributed by atoms with E-state index in [2.05, 4.69) is 5.32 Å². The van der Waals surface area contributed by atoms with Crippen LogP contribution < -0.4 is 11.1 Å². The SMILES string of the molecule is CC(=O)NCCC=Cc1ccc(C(=N)N)cc1. The number of carbonyl (C=O) groups is 1. The lowest BCUT2D eigenvalue weighted by Gasteiger charge is -1.99. The first-order chi connectivity index (χ1) is 8.09. The van der Waals surface area contributed by atoms with Crippen LogP contribution in [-0.2, 0) is 4.79 Å². The first-order valence-electron chi connectivity index (χ1n) is 5.45. The van der Waals surface area contributed by atoms with E-state index >= 15 is 0 Å². The highest BCUT2D eigenvalue weighted by atomic mass is 16.1. The number of amides is 1. The summed E-state index contributed by atoms with van der Waals surface area (Å²) in [5, 5.41) is 9.98. The molecule has 0 aromatic heterocycles. The highest BCUT2D eigenvalue weighted by molar-refractivity contribution is 5.95. The highest BCUT2D eigenvalue weighted by Crippen LogP contribution is 2.05. The Morgan fingerprint density at radius 2 is 2.06 bits per heavy atom. The Labute approximate surface area is 101 Å². The van der Waals surface area contributed by atoms with Gasteiger partial charge in [-0.2, -0.15) is 0 Å². The molecule has 0 spiro atoms. The van der Waals surface area contributed by atoms with Gasteiger partial charge in [0.1, 0.15) is 5.84 Å². The molecule has 0 aliphatic heterocycles. The molecule has 0 aliphatic rings. The normalized spacial score (nSPS) is 10.4. The number of benzene rings is 1. The Morgan fingerprint density at radius 1 is 1.41 bits per heavy atom. The van der Waals surface area contributed by atoms with E-state index < -0.39 is 0 Å². The van der Waals surface area contributed by atoms with Gasteiger partial charge in [0.2, 0.25) is 5.91 Å². The summed E-state index contributed by atoms with van der Waals surface area (Å²) in [5.74, 6) is 0.0652. The average Bonchev–Trinajstić information content (AvgIpc) is 2.29. The molecule has 0 atom stereocenters. The van der Waals surface area contributed by atoms with Crippen molar-refractivity contribution in [3.05, 3.63) is 41.5 Å². The third kappa shape index (κ3) is 4.97. The molecule has 0 fully saturated rings. The van der Waals surface area contributed by atoms with Crippen LogP contribution in [0.15, 0.2) is 30.3 Å². The largest absolute Gasteiger partial charge is 0.384 e. The summed E-state index contributed by atoms with van der Waals surface area (Å²) >= 11 is 0. The van der Waals surface area contributed by atoms with Gasteiger partial charge in [0.05, 0.1) is 0 Å². The Bertz CT molecular complexity index is 421. The fraction of sp³-hybridized carbons (Fsp3) is 0.231. The summed E-state index contributed by atoms with van der Waals surface area (Å²) in [6, 6.07) is 7.45. The molecule has 4 nitrogen and oxygen atoms in total. The predicted molar refractivity (Wildman–Crippen MR) is 69.8 cm³/mol. The number of hydrogen-bond acceptors (Lipinski definition) is 2. The fourth-order valence-corrected chi connectivity index (χ4v) is 1.32. The highest BCUT2D eigenvalue weighted by Gasteiger charge is 1.94. The van der Waals surface area contributed by atoms with Crippen molar-refractivity contribution in [1.82, 2.24) is 5.32 Å². The Hall–Kier alpha value is -2.10. The minimum atomic E-state index is -0.00999. The van der Waals surface area contributed by atoms with E-state index in [4.69, 9.17) is 11.1 Å². The van der Waals surface area contributed by atoms with Gasteiger partial charge in [-0.25, -0.2) is 0 Å². The van der Waals surface area contributed by atoms with E-state index in [-0.39, 0.29) is 11.7 Å². The van der Waals surface area contributed by atoms with E-state index in [9.17, 15) is 4.79 Å². The van der Waals surface area contributed by atoms with Gasteiger partial charge in [-0.3, -0.25) is 10.2 Å². The summed E-state index contributed by atoms with van der Waals surface area (Å²) in [4.78, 5) is 10.6. The predicted octanol–water partition coefficient (Wildman–Crippen LogP) is 1.51. The molecule has 1 rings (SSSR count). The summed E-state index contributed by atoms with van der Waals surface area (Å²) in [7, 11) is 0. The standard InChI is InChI=1S/C13H17N3O/c1-10(17)16-9-3-2-4-11-5-7-12(8-6-11)13(14)15/h2,4-8H,3,9H2,1H3,(H3,14,15)(H,16,17). The van der Waals surface area contributed by atoms with Crippen LogP contribution in [0.5, 0.6) is 0 Å². The molecule has 1 aromatic rings. The maximum absolute atomic E-state index is 10.6. The van der Waals surface area contributed by atoms with Crippen LogP contribution in [0.4, 0.5) is 0 Å². The molecular weight excluding hydrogens is 214 g/mol. The van der Waals surface area contributed by atoms with Crippen LogP contribution in [0.3, 0.4) is 0 Å². The maximum atomic E-state index is 10.6. The Morgan fingerprint density at radius 3 is 2.59 bits per heavy atom. The van der Waals surface area contributed by atoms with Gasteiger partial charge in [0.15, 0.2) is 0 Å². The number of hydrogen-bond donors (Lipinski definition) is 3. The van der Waals surface area contributed by atoms with Crippen molar-refractivity contribution in [1.29, 1.82) is 5.41 Å². The van der Waals surface area contributed by atoms with E-state index in [0.29, 0.717) is 6.54 Å². The fourth-order valence-electron chi connectivity index (χ4n) is 1.32. The molecule has 0 heterocycles. The van der Waals surface area contributed by atoms with E-state index in [1.54, 1.807) is 0 Å². The van der Waals surface area contributed by atoms with Gasteiger partial charge in [-0.15, -0.1) is 0 Å². The second kappa shape index (κ2) is 6.48. The first-order valence-corrected chi connectivity index (χ1v) is 5.45. The first kappa shape index (κ1) is 13.0. The molecule has 1 amide bonds. The van der Waals surface area contributed by atoms with Gasteiger partial charge in [0, 0.05) is 19.0 Å². The topological polar surface area (TPSA) is 79.0 Å². The van der Waals surface area contributed by atoms with E-state index in [0.717, 1.165) is 17.5 Å². The van der Waals surface area contributed by atoms with Crippen molar-refractivity contribution in [2.75, 3.05) is 6.54 Å². The lowest BCUT2D eigenvalue weighted by molar-refractivity contribution is -0.118. The quantitative estimate of drug-likeness (QED) is 0.408. The number of nitrogens with one attached hydrogen (secondary N) is 2. The molecule has 0 bridgehead atoms. The smallest absolute Gasteiger partial charge is 0.216 e. The van der Waals surface area contributed by atoms with Crippen LogP contribution in [0.25, 0.3) is 6.08 Å². The molecule has 0 aliphatic carbocycles. The Kier molecular flexibility index (Phi) is 4.94. The van der Waals surface area contributed by atoms with Crippen molar-refractivity contribution in [2.24, 2.45) is 5.73 Å². The van der Waals surface area contributed by atoms with Gasteiger partial charge >= 0.3 is 0 Å². The molecule has 0 radical (unpaired) electrons. The number of nitrogen functional groups attached to an aromatic ring is 1.